The molecule has 188 valence electrons. The van der Waals surface area contributed by atoms with Crippen molar-refractivity contribution < 1.29 is 41.0 Å². The number of pyridine rings is 1. The Morgan fingerprint density at radius 1 is 1.29 bits per heavy atom. The molecular weight excluding hydrogens is 477 g/mol. The number of benzene rings is 1. The van der Waals surface area contributed by atoms with Gasteiger partial charge in [-0.15, -0.1) is 0 Å². The molecule has 0 radical (unpaired) electrons. The molecule has 1 saturated heterocycles. The number of anilines is 2. The predicted octanol–water partition coefficient (Wildman–Crippen LogP) is 4.71. The Balaban J connectivity index is 1.71. The summed E-state index contributed by atoms with van der Waals surface area (Å²) in [5.41, 5.74) is -2.61. The van der Waals surface area contributed by atoms with Gasteiger partial charge in [-0.25, -0.2) is 9.37 Å². The highest BCUT2D eigenvalue weighted by Gasteiger charge is 2.65. The number of alkyl halides is 3. The van der Waals surface area contributed by atoms with Crippen molar-refractivity contribution in [2.24, 2.45) is 5.92 Å². The first kappa shape index (κ1) is 24.7. The van der Waals surface area contributed by atoms with Gasteiger partial charge in [-0.2, -0.15) is 17.6 Å². The first-order chi connectivity index (χ1) is 16.5. The highest BCUT2D eigenvalue weighted by molar-refractivity contribution is 5.95. The molecule has 1 aromatic carbocycles. The zero-order valence-electron chi connectivity index (χ0n) is 18.9. The molecule has 0 bridgehead atoms. The van der Waals surface area contributed by atoms with Crippen LogP contribution in [-0.2, 0) is 14.3 Å². The lowest BCUT2D eigenvalue weighted by Crippen LogP contribution is -2.47. The smallest absolute Gasteiger partial charge is 0.417 e. The Labute approximate surface area is 197 Å². The second-order valence-electron chi connectivity index (χ2n) is 8.38. The van der Waals surface area contributed by atoms with Crippen LogP contribution in [0.25, 0.3) is 0 Å². The molecular formula is C23H22F5N3O4. The number of aromatic nitrogens is 1. The van der Waals surface area contributed by atoms with Crippen LogP contribution in [0.1, 0.15) is 25.3 Å². The zero-order valence-corrected chi connectivity index (χ0v) is 18.9. The van der Waals surface area contributed by atoms with Gasteiger partial charge < -0.3 is 19.5 Å². The monoisotopic (exact) mass is 499 g/mol. The second kappa shape index (κ2) is 8.99. The number of nitrogens with one attached hydrogen (secondary N) is 1. The molecule has 12 heteroatoms. The molecule has 2 aromatic rings. The fourth-order valence-electron chi connectivity index (χ4n) is 4.33. The summed E-state index contributed by atoms with van der Waals surface area (Å²) in [6.45, 7) is 2.28. The topological polar surface area (TPSA) is 72.9 Å². The molecule has 7 nitrogen and oxygen atoms in total. The van der Waals surface area contributed by atoms with Crippen molar-refractivity contribution >= 4 is 17.4 Å². The minimum absolute atomic E-state index is 0.109. The van der Waals surface area contributed by atoms with Crippen molar-refractivity contribution in [1.82, 2.24) is 4.98 Å². The summed E-state index contributed by atoms with van der Waals surface area (Å²) in [5.74, 6) is -6.30. The second-order valence-corrected chi connectivity index (χ2v) is 8.38. The fraction of sp³-hybridized carbons (Fsp3) is 0.391. The number of methoxy groups -OCH3 is 1. The molecule has 35 heavy (non-hydrogen) atoms. The van der Waals surface area contributed by atoms with Crippen LogP contribution in [0.15, 0.2) is 42.9 Å². The Morgan fingerprint density at radius 3 is 2.66 bits per heavy atom. The number of rotatable bonds is 5. The van der Waals surface area contributed by atoms with Crippen molar-refractivity contribution in [1.29, 1.82) is 0 Å². The summed E-state index contributed by atoms with van der Waals surface area (Å²) < 4.78 is 85.8. The maximum atomic E-state index is 14.4. The summed E-state index contributed by atoms with van der Waals surface area (Å²) >= 11 is 0. The van der Waals surface area contributed by atoms with E-state index in [0.29, 0.717) is 5.82 Å². The third-order valence-corrected chi connectivity index (χ3v) is 6.43. The molecule has 0 unspecified atom stereocenters. The molecule has 0 saturated carbocycles. The van der Waals surface area contributed by atoms with Gasteiger partial charge in [-0.3, -0.25) is 9.69 Å². The van der Waals surface area contributed by atoms with Crippen LogP contribution >= 0.6 is 0 Å². The van der Waals surface area contributed by atoms with E-state index < -0.39 is 53.0 Å². The maximum Gasteiger partial charge on any atom is 0.417 e. The summed E-state index contributed by atoms with van der Waals surface area (Å²) in [6, 6.07) is 4.84. The molecule has 1 amide bonds. The molecule has 2 aliphatic rings. The highest BCUT2D eigenvalue weighted by atomic mass is 19.4. The molecule has 0 spiro atoms. The number of halogens is 5. The van der Waals surface area contributed by atoms with Crippen molar-refractivity contribution in [3.63, 3.8) is 0 Å². The van der Waals surface area contributed by atoms with Gasteiger partial charge >= 0.3 is 6.18 Å². The average Bonchev–Trinajstić information content (AvgIpc) is 3.43. The Hall–Kier alpha value is -3.41. The maximum absolute atomic E-state index is 14.4. The lowest BCUT2D eigenvalue weighted by Gasteiger charge is -2.32. The predicted molar refractivity (Wildman–Crippen MR) is 115 cm³/mol. The molecule has 4 atom stereocenters. The largest absolute Gasteiger partial charge is 0.493 e. The number of carbonyl (C=O) groups excluding carboxylic acids is 1. The summed E-state index contributed by atoms with van der Waals surface area (Å²) in [6.07, 6.45) is -2.06. The van der Waals surface area contributed by atoms with Gasteiger partial charge in [0.1, 0.15) is 18.2 Å². The van der Waals surface area contributed by atoms with Crippen LogP contribution in [0, 0.1) is 17.6 Å². The summed E-state index contributed by atoms with van der Waals surface area (Å²) in [4.78, 5) is 19.1. The number of ether oxygens (including phenoxy) is 3. The molecule has 1 N–H and O–H groups in total. The Morgan fingerprint density at radius 2 is 2.03 bits per heavy atom. The van der Waals surface area contributed by atoms with Crippen LogP contribution in [0.2, 0.25) is 0 Å². The third-order valence-electron chi connectivity index (χ3n) is 6.43. The average molecular weight is 499 g/mol. The van der Waals surface area contributed by atoms with E-state index in [1.165, 1.54) is 31.5 Å². The minimum Gasteiger partial charge on any atom is -0.493 e. The number of nitrogens with zero attached hydrogens (tertiary/aromatic N) is 2. The number of hydrogen-bond donors (Lipinski definition) is 1. The van der Waals surface area contributed by atoms with Crippen molar-refractivity contribution in [2.45, 2.75) is 37.6 Å². The van der Waals surface area contributed by atoms with E-state index in [-0.39, 0.29) is 18.0 Å². The Kier molecular flexibility index (Phi) is 6.34. The van der Waals surface area contributed by atoms with Crippen LogP contribution < -0.4 is 15.0 Å². The lowest BCUT2D eigenvalue weighted by atomic mass is 9.77. The van der Waals surface area contributed by atoms with Crippen molar-refractivity contribution in [2.75, 3.05) is 24.1 Å². The number of carbonyl (C=O) groups is 1. The summed E-state index contributed by atoms with van der Waals surface area (Å²) in [5, 5.41) is 2.55. The van der Waals surface area contributed by atoms with Crippen LogP contribution in [-0.4, -0.2) is 42.6 Å². The lowest BCUT2D eigenvalue weighted by molar-refractivity contribution is -0.272. The van der Waals surface area contributed by atoms with Gasteiger partial charge in [-0.05, 0) is 19.1 Å². The molecule has 4 rings (SSSR count). The first-order valence-electron chi connectivity index (χ1n) is 10.6. The summed E-state index contributed by atoms with van der Waals surface area (Å²) in [7, 11) is 1.06. The zero-order chi connectivity index (χ0) is 25.5. The molecule has 2 aliphatic heterocycles. The third kappa shape index (κ3) is 4.26. The standard InChI is InChI=1S/C23H22F5N3O4/c1-12-17(14-4-5-15(24)18(25)19(14)33-3)20(35-22(12,2)23(26,27)28)21(32)30-13-6-7-29-16(10-13)31-8-9-34-11-31/h4-10,12,17,20H,11H2,1-3H3,(H,29,30,32)/t12-,17-,20+,22+/m0/s1. The van der Waals surface area contributed by atoms with E-state index in [1.807, 2.05) is 0 Å². The van der Waals surface area contributed by atoms with E-state index in [2.05, 4.69) is 10.3 Å². The Bertz CT molecular complexity index is 1160. The molecule has 1 aromatic heterocycles. The van der Waals surface area contributed by atoms with Gasteiger partial charge in [0, 0.05) is 41.5 Å². The van der Waals surface area contributed by atoms with Gasteiger partial charge in [0.2, 0.25) is 5.82 Å². The fourth-order valence-corrected chi connectivity index (χ4v) is 4.33. The van der Waals surface area contributed by atoms with Crippen molar-refractivity contribution in [3.8, 4) is 5.75 Å². The quantitative estimate of drug-likeness (QED) is 0.601. The highest BCUT2D eigenvalue weighted by Crippen LogP contribution is 2.55. The van der Waals surface area contributed by atoms with E-state index in [1.54, 1.807) is 11.1 Å². The molecule has 0 aliphatic carbocycles. The number of hydrogen-bond acceptors (Lipinski definition) is 6. The van der Waals surface area contributed by atoms with Crippen LogP contribution in [0.4, 0.5) is 33.5 Å². The normalized spacial score (nSPS) is 26.1. The van der Waals surface area contributed by atoms with E-state index in [9.17, 15) is 26.7 Å². The van der Waals surface area contributed by atoms with Crippen LogP contribution in [0.5, 0.6) is 5.75 Å². The van der Waals surface area contributed by atoms with Gasteiger partial charge in [0.25, 0.3) is 5.91 Å². The van der Waals surface area contributed by atoms with Gasteiger partial charge in [0.05, 0.1) is 7.11 Å². The van der Waals surface area contributed by atoms with Gasteiger partial charge in [0.15, 0.2) is 23.9 Å². The molecule has 1 fully saturated rings. The first-order valence-corrected chi connectivity index (χ1v) is 10.6. The van der Waals surface area contributed by atoms with Gasteiger partial charge in [-0.1, -0.05) is 13.0 Å². The van der Waals surface area contributed by atoms with Crippen molar-refractivity contribution in [3.05, 3.63) is 60.1 Å². The molecule has 3 heterocycles. The number of amides is 1. The SMILES string of the molecule is COc1c([C@H]2[C@H](C(=O)Nc3ccnc(N4C=COC4)c3)O[C@@](C)(C(F)(F)F)[C@H]2C)ccc(F)c1F. The van der Waals surface area contributed by atoms with E-state index >= 15 is 0 Å². The van der Waals surface area contributed by atoms with E-state index in [0.717, 1.165) is 26.2 Å². The van der Waals surface area contributed by atoms with Crippen LogP contribution in [0.3, 0.4) is 0 Å². The minimum atomic E-state index is -4.85. The van der Waals surface area contributed by atoms with E-state index in [4.69, 9.17) is 14.2 Å².